The largest absolute Gasteiger partial charge is 0.480 e. The van der Waals surface area contributed by atoms with Gasteiger partial charge in [-0.15, -0.1) is 4.40 Å². The van der Waals surface area contributed by atoms with Crippen LogP contribution in [-0.2, 0) is 19.6 Å². The van der Waals surface area contributed by atoms with Crippen LogP contribution in [-0.4, -0.2) is 54.8 Å². The maximum absolute atomic E-state index is 12.4. The average Bonchev–Trinajstić information content (AvgIpc) is 3.10. The number of amidine groups is 1. The van der Waals surface area contributed by atoms with Gasteiger partial charge >= 0.3 is 5.97 Å². The van der Waals surface area contributed by atoms with E-state index in [4.69, 9.17) is 5.11 Å². The molecule has 0 bridgehead atoms. The first kappa shape index (κ1) is 16.4. The van der Waals surface area contributed by atoms with E-state index in [1.165, 1.54) is 13.0 Å². The molecule has 1 unspecified atom stereocenters. The van der Waals surface area contributed by atoms with Crippen molar-refractivity contribution in [2.75, 3.05) is 6.54 Å². The van der Waals surface area contributed by atoms with Gasteiger partial charge in [0.2, 0.25) is 5.91 Å². The molecule has 0 spiro atoms. The number of carbonyl (C=O) groups is 2. The molecule has 128 valence electrons. The van der Waals surface area contributed by atoms with Crippen LogP contribution in [0.1, 0.15) is 25.3 Å². The molecule has 2 aliphatic rings. The summed E-state index contributed by atoms with van der Waals surface area (Å²) in [7, 11) is -3.76. The van der Waals surface area contributed by atoms with Gasteiger partial charge in [-0.25, -0.2) is 0 Å². The molecule has 0 radical (unpaired) electrons. The molecule has 3 rings (SSSR count). The van der Waals surface area contributed by atoms with Crippen LogP contribution in [0.5, 0.6) is 0 Å². The summed E-state index contributed by atoms with van der Waals surface area (Å²) in [5.41, 5.74) is 0.475. The number of hydrogen-bond acceptors (Lipinski definition) is 5. The second-order valence-electron chi connectivity index (χ2n) is 5.81. The van der Waals surface area contributed by atoms with Crippen molar-refractivity contribution in [2.45, 2.75) is 36.7 Å². The van der Waals surface area contributed by atoms with Gasteiger partial charge in [0.25, 0.3) is 10.0 Å². The van der Waals surface area contributed by atoms with Gasteiger partial charge in [0.1, 0.15) is 17.0 Å². The number of nitrogens with zero attached hydrogens (tertiary/aromatic N) is 2. The molecule has 2 atom stereocenters. The van der Waals surface area contributed by atoms with Crippen LogP contribution in [0.4, 0.5) is 0 Å². The molecule has 0 aromatic heterocycles. The van der Waals surface area contributed by atoms with E-state index in [0.29, 0.717) is 24.9 Å². The summed E-state index contributed by atoms with van der Waals surface area (Å²) < 4.78 is 28.2. The fraction of sp³-hybridized carbons (Fsp3) is 0.400. The van der Waals surface area contributed by atoms with E-state index < -0.39 is 34.0 Å². The van der Waals surface area contributed by atoms with Crippen molar-refractivity contribution in [3.05, 3.63) is 29.8 Å². The molecule has 0 saturated carbocycles. The molecule has 9 heteroatoms. The van der Waals surface area contributed by atoms with Gasteiger partial charge < -0.3 is 15.3 Å². The summed E-state index contributed by atoms with van der Waals surface area (Å²) in [4.78, 5) is 25.1. The minimum atomic E-state index is -3.76. The third-order valence-corrected chi connectivity index (χ3v) is 5.49. The standard InChI is InChI=1S/C15H17N3O5S/c1-9(15(20)21)16-14(19)11-6-4-8-18(11)13-10-5-2-3-7-12(10)24(22,23)17-13/h2-3,5,7,9,11H,4,6,8H2,1H3,(H,16,19)(H,20,21)/t9?,11-/m0/s1. The minimum absolute atomic E-state index is 0.130. The number of sulfonamides is 1. The Kier molecular flexibility index (Phi) is 4.04. The number of fused-ring (bicyclic) bond motifs is 1. The smallest absolute Gasteiger partial charge is 0.325 e. The van der Waals surface area contributed by atoms with Crippen LogP contribution in [0, 0.1) is 0 Å². The number of hydrogen-bond donors (Lipinski definition) is 2. The number of benzene rings is 1. The molecule has 1 saturated heterocycles. The van der Waals surface area contributed by atoms with Crippen LogP contribution in [0.15, 0.2) is 33.6 Å². The molecule has 8 nitrogen and oxygen atoms in total. The first-order chi connectivity index (χ1) is 11.3. The summed E-state index contributed by atoms with van der Waals surface area (Å²) in [5, 5.41) is 11.4. The van der Waals surface area contributed by atoms with E-state index in [2.05, 4.69) is 9.71 Å². The Bertz CT molecular complexity index is 833. The molecule has 1 aromatic rings. The Morgan fingerprint density at radius 2 is 2.08 bits per heavy atom. The predicted octanol–water partition coefficient (Wildman–Crippen LogP) is 0.189. The number of rotatable bonds is 3. The summed E-state index contributed by atoms with van der Waals surface area (Å²) in [6.07, 6.45) is 1.21. The van der Waals surface area contributed by atoms with E-state index in [0.717, 1.165) is 0 Å². The van der Waals surface area contributed by atoms with Crippen LogP contribution in [0.3, 0.4) is 0 Å². The number of aliphatic carboxylic acids is 1. The highest BCUT2D eigenvalue weighted by Crippen LogP contribution is 2.31. The van der Waals surface area contributed by atoms with Gasteiger partial charge in [0, 0.05) is 12.1 Å². The van der Waals surface area contributed by atoms with E-state index >= 15 is 0 Å². The number of nitrogens with one attached hydrogen (secondary N) is 1. The van der Waals surface area contributed by atoms with Gasteiger partial charge in [-0.1, -0.05) is 12.1 Å². The number of carbonyl (C=O) groups excluding carboxylic acids is 1. The number of carboxylic acids is 1. The first-order valence-corrected chi connectivity index (χ1v) is 8.99. The molecule has 1 amide bonds. The van der Waals surface area contributed by atoms with E-state index in [9.17, 15) is 18.0 Å². The van der Waals surface area contributed by atoms with Gasteiger partial charge in [-0.2, -0.15) is 8.42 Å². The van der Waals surface area contributed by atoms with Gasteiger partial charge in [-0.3, -0.25) is 9.59 Å². The Hall–Kier alpha value is -2.42. The topological polar surface area (TPSA) is 116 Å². The van der Waals surface area contributed by atoms with Crippen LogP contribution >= 0.6 is 0 Å². The summed E-state index contributed by atoms with van der Waals surface area (Å²) in [5.74, 6) is -1.31. The molecule has 0 aliphatic carbocycles. The molecular weight excluding hydrogens is 334 g/mol. The minimum Gasteiger partial charge on any atom is -0.480 e. The van der Waals surface area contributed by atoms with Crippen molar-refractivity contribution < 1.29 is 23.1 Å². The Labute approximate surface area is 139 Å². The normalized spacial score (nSPS) is 22.6. The Balaban J connectivity index is 1.90. The van der Waals surface area contributed by atoms with E-state index in [-0.39, 0.29) is 10.7 Å². The number of amides is 1. The Morgan fingerprint density at radius 3 is 2.79 bits per heavy atom. The molecule has 1 aromatic carbocycles. The summed E-state index contributed by atoms with van der Waals surface area (Å²) in [6.45, 7) is 1.87. The zero-order valence-electron chi connectivity index (χ0n) is 13.0. The fourth-order valence-electron chi connectivity index (χ4n) is 2.96. The average molecular weight is 351 g/mol. The van der Waals surface area contributed by atoms with E-state index in [1.807, 2.05) is 0 Å². The second kappa shape index (κ2) is 5.90. The number of likely N-dealkylation sites (tertiary alicyclic amines) is 1. The maximum atomic E-state index is 12.4. The lowest BCUT2D eigenvalue weighted by atomic mass is 10.1. The van der Waals surface area contributed by atoms with Crippen LogP contribution < -0.4 is 5.32 Å². The third-order valence-electron chi connectivity index (χ3n) is 4.17. The zero-order valence-corrected chi connectivity index (χ0v) is 13.8. The second-order valence-corrected chi connectivity index (χ2v) is 7.38. The highest BCUT2D eigenvalue weighted by Gasteiger charge is 2.39. The number of carboxylic acid groups (broad SMARTS) is 1. The fourth-order valence-corrected chi connectivity index (χ4v) is 4.18. The highest BCUT2D eigenvalue weighted by molar-refractivity contribution is 7.90. The highest BCUT2D eigenvalue weighted by atomic mass is 32.2. The SMILES string of the molecule is CC(NC(=O)[C@@H]1CCCN1C1=NS(=O)(=O)c2ccccc21)C(=O)O. The molecule has 2 aliphatic heterocycles. The molecule has 24 heavy (non-hydrogen) atoms. The maximum Gasteiger partial charge on any atom is 0.325 e. The zero-order chi connectivity index (χ0) is 17.5. The van der Waals surface area contributed by atoms with Crippen LogP contribution in [0.2, 0.25) is 0 Å². The van der Waals surface area contributed by atoms with Gasteiger partial charge in [0.05, 0.1) is 0 Å². The van der Waals surface area contributed by atoms with Crippen molar-refractivity contribution in [3.8, 4) is 0 Å². The van der Waals surface area contributed by atoms with Crippen molar-refractivity contribution >= 4 is 27.7 Å². The lowest BCUT2D eigenvalue weighted by Gasteiger charge is -2.26. The van der Waals surface area contributed by atoms with Gasteiger partial charge in [0.15, 0.2) is 5.84 Å². The van der Waals surface area contributed by atoms with E-state index in [1.54, 1.807) is 23.1 Å². The summed E-state index contributed by atoms with van der Waals surface area (Å²) >= 11 is 0. The van der Waals surface area contributed by atoms with Crippen LogP contribution in [0.25, 0.3) is 0 Å². The molecular formula is C15H17N3O5S. The molecule has 1 fully saturated rings. The third kappa shape index (κ3) is 2.75. The quantitative estimate of drug-likeness (QED) is 0.803. The Morgan fingerprint density at radius 1 is 1.38 bits per heavy atom. The van der Waals surface area contributed by atoms with Crippen molar-refractivity contribution in [3.63, 3.8) is 0 Å². The molecule has 2 N–H and O–H groups in total. The predicted molar refractivity (Wildman–Crippen MR) is 85.1 cm³/mol. The monoisotopic (exact) mass is 351 g/mol. The van der Waals surface area contributed by atoms with Crippen molar-refractivity contribution in [2.24, 2.45) is 4.40 Å². The lowest BCUT2D eigenvalue weighted by Crippen LogP contribution is -2.50. The van der Waals surface area contributed by atoms with Crippen molar-refractivity contribution in [1.82, 2.24) is 10.2 Å². The summed E-state index contributed by atoms with van der Waals surface area (Å²) in [6, 6.07) is 4.84. The molecule has 2 heterocycles. The first-order valence-electron chi connectivity index (χ1n) is 7.55. The lowest BCUT2D eigenvalue weighted by molar-refractivity contribution is -0.141. The van der Waals surface area contributed by atoms with Gasteiger partial charge in [-0.05, 0) is 31.9 Å². The van der Waals surface area contributed by atoms with Crippen molar-refractivity contribution in [1.29, 1.82) is 0 Å².